The number of aromatic nitrogens is 1. The Hall–Kier alpha value is -3.29. The Bertz CT molecular complexity index is 1240. The van der Waals surface area contributed by atoms with Crippen LogP contribution in [0.3, 0.4) is 0 Å². The van der Waals surface area contributed by atoms with Crippen LogP contribution < -0.4 is 14.0 Å². The summed E-state index contributed by atoms with van der Waals surface area (Å²) in [6.45, 7) is 6.54. The van der Waals surface area contributed by atoms with Crippen LogP contribution in [0.2, 0.25) is 0 Å². The third kappa shape index (κ3) is 5.21. The van der Waals surface area contributed by atoms with Crippen molar-refractivity contribution in [2.24, 2.45) is 7.05 Å². The molecule has 0 radical (unpaired) electrons. The SMILES string of the molecule is COc1ccc2c(c1)c(-c1c(C)cc(C)cc1C)c1cc(OC)ccc1[n+]2C.F[B-](F)(F)F. The van der Waals surface area contributed by atoms with Crippen molar-refractivity contribution >= 4 is 29.1 Å². The summed E-state index contributed by atoms with van der Waals surface area (Å²) in [5.41, 5.74) is 8.70. The van der Waals surface area contributed by atoms with Crippen molar-refractivity contribution in [2.75, 3.05) is 14.2 Å². The molecule has 0 aliphatic rings. The van der Waals surface area contributed by atoms with E-state index in [4.69, 9.17) is 9.47 Å². The van der Waals surface area contributed by atoms with E-state index in [2.05, 4.69) is 68.8 Å². The second kappa shape index (κ2) is 9.29. The fraction of sp³-hybridized carbons (Fsp3) is 0.240. The van der Waals surface area contributed by atoms with Crippen LogP contribution in [0.1, 0.15) is 16.7 Å². The fourth-order valence-electron chi connectivity index (χ4n) is 4.39. The van der Waals surface area contributed by atoms with E-state index in [1.165, 1.54) is 49.6 Å². The molecular weight excluding hydrogens is 433 g/mol. The second-order valence-electron chi connectivity index (χ2n) is 7.97. The minimum absolute atomic E-state index is 0.860. The highest BCUT2D eigenvalue weighted by molar-refractivity contribution is 6.50. The molecule has 8 heteroatoms. The molecule has 0 aliphatic heterocycles. The van der Waals surface area contributed by atoms with Crippen molar-refractivity contribution in [3.05, 3.63) is 65.2 Å². The number of fused-ring (bicyclic) bond motifs is 2. The minimum atomic E-state index is -6.00. The molecule has 0 atom stereocenters. The summed E-state index contributed by atoms with van der Waals surface area (Å²) in [7, 11) is -0.456. The van der Waals surface area contributed by atoms with Gasteiger partial charge in [0.15, 0.2) is 0 Å². The van der Waals surface area contributed by atoms with Crippen LogP contribution >= 0.6 is 0 Å². The number of hydrogen-bond acceptors (Lipinski definition) is 2. The number of pyridine rings is 1. The molecule has 0 aliphatic carbocycles. The van der Waals surface area contributed by atoms with Crippen molar-refractivity contribution < 1.29 is 31.3 Å². The van der Waals surface area contributed by atoms with Crippen molar-refractivity contribution in [3.8, 4) is 22.6 Å². The zero-order valence-corrected chi connectivity index (χ0v) is 19.5. The summed E-state index contributed by atoms with van der Waals surface area (Å²) in [6, 6.07) is 17.1. The monoisotopic (exact) mass is 459 g/mol. The summed E-state index contributed by atoms with van der Waals surface area (Å²) in [6.07, 6.45) is 0. The van der Waals surface area contributed by atoms with E-state index in [1.807, 2.05) is 12.1 Å². The first kappa shape index (κ1) is 24.4. The molecule has 0 spiro atoms. The molecule has 0 saturated carbocycles. The zero-order chi connectivity index (χ0) is 24.5. The minimum Gasteiger partial charge on any atom is -0.497 e. The molecule has 174 valence electrons. The first-order valence-corrected chi connectivity index (χ1v) is 10.4. The summed E-state index contributed by atoms with van der Waals surface area (Å²) < 4.78 is 52.4. The molecular formula is C25H26BF4NO2. The van der Waals surface area contributed by atoms with Gasteiger partial charge in [-0.2, -0.15) is 4.57 Å². The highest BCUT2D eigenvalue weighted by Gasteiger charge is 2.23. The third-order valence-electron chi connectivity index (χ3n) is 5.60. The smallest absolute Gasteiger partial charge is 0.497 e. The quantitative estimate of drug-likeness (QED) is 0.147. The largest absolute Gasteiger partial charge is 0.673 e. The number of ether oxygens (including phenoxy) is 2. The van der Waals surface area contributed by atoms with Gasteiger partial charge in [0.25, 0.3) is 0 Å². The number of rotatable bonds is 3. The zero-order valence-electron chi connectivity index (χ0n) is 19.5. The number of hydrogen-bond donors (Lipinski definition) is 0. The van der Waals surface area contributed by atoms with Crippen molar-refractivity contribution in [1.82, 2.24) is 0 Å². The Morgan fingerprint density at radius 1 is 0.667 bits per heavy atom. The number of benzene rings is 3. The van der Waals surface area contributed by atoms with Crippen molar-refractivity contribution in [3.63, 3.8) is 0 Å². The van der Waals surface area contributed by atoms with Crippen LogP contribution in [0.15, 0.2) is 48.5 Å². The van der Waals surface area contributed by atoms with Gasteiger partial charge in [-0.1, -0.05) is 17.7 Å². The number of methoxy groups -OCH3 is 2. The highest BCUT2D eigenvalue weighted by Crippen LogP contribution is 2.40. The molecule has 3 aromatic carbocycles. The summed E-state index contributed by atoms with van der Waals surface area (Å²) in [5.74, 6) is 1.72. The lowest BCUT2D eigenvalue weighted by atomic mass is 9.88. The van der Waals surface area contributed by atoms with Gasteiger partial charge in [0.05, 0.1) is 25.0 Å². The van der Waals surface area contributed by atoms with Gasteiger partial charge in [0.2, 0.25) is 11.0 Å². The summed E-state index contributed by atoms with van der Waals surface area (Å²) in [4.78, 5) is 0. The van der Waals surface area contributed by atoms with Crippen LogP contribution in [0, 0.1) is 20.8 Å². The molecule has 1 aromatic heterocycles. The van der Waals surface area contributed by atoms with Gasteiger partial charge in [0, 0.05) is 17.7 Å². The number of nitrogens with zero attached hydrogens (tertiary/aromatic N) is 1. The van der Waals surface area contributed by atoms with Gasteiger partial charge < -0.3 is 26.7 Å². The Morgan fingerprint density at radius 3 is 1.42 bits per heavy atom. The standard InChI is InChI=1S/C25H26NO2.BF4/c1-15-11-16(2)24(17(3)12-15)25-20-13-18(27-5)7-9-22(20)26(4)23-10-8-19(28-6)14-21(23)25;2-1(3,4)5/h7-14H,1-6H3;/q+1;-1. The summed E-state index contributed by atoms with van der Waals surface area (Å²) >= 11 is 0. The normalized spacial score (nSPS) is 11.3. The Kier molecular flexibility index (Phi) is 6.86. The predicted octanol–water partition coefficient (Wildman–Crippen LogP) is 6.73. The van der Waals surface area contributed by atoms with Crippen molar-refractivity contribution in [1.29, 1.82) is 0 Å². The van der Waals surface area contributed by atoms with Gasteiger partial charge in [-0.25, -0.2) is 0 Å². The van der Waals surface area contributed by atoms with Gasteiger partial charge in [-0.05, 0) is 61.7 Å². The lowest BCUT2D eigenvalue weighted by Gasteiger charge is -2.17. The second-order valence-corrected chi connectivity index (χ2v) is 7.97. The maximum absolute atomic E-state index is 9.75. The average molecular weight is 459 g/mol. The molecule has 4 rings (SSSR count). The third-order valence-corrected chi connectivity index (χ3v) is 5.60. The maximum Gasteiger partial charge on any atom is 0.673 e. The fourth-order valence-corrected chi connectivity index (χ4v) is 4.39. The van der Waals surface area contributed by atoms with Crippen LogP contribution in [-0.4, -0.2) is 21.5 Å². The van der Waals surface area contributed by atoms with Gasteiger partial charge in [-0.15, -0.1) is 0 Å². The highest BCUT2D eigenvalue weighted by atomic mass is 19.5. The van der Waals surface area contributed by atoms with E-state index in [0.717, 1.165) is 11.5 Å². The first-order valence-electron chi connectivity index (χ1n) is 10.4. The van der Waals surface area contributed by atoms with E-state index in [0.29, 0.717) is 0 Å². The lowest BCUT2D eigenvalue weighted by Crippen LogP contribution is -2.30. The number of halogens is 4. The van der Waals surface area contributed by atoms with Gasteiger partial charge >= 0.3 is 7.25 Å². The van der Waals surface area contributed by atoms with Crippen LogP contribution in [-0.2, 0) is 7.05 Å². The molecule has 0 N–H and O–H groups in total. The molecule has 0 unspecified atom stereocenters. The van der Waals surface area contributed by atoms with Crippen LogP contribution in [0.4, 0.5) is 17.3 Å². The maximum atomic E-state index is 9.75. The molecule has 33 heavy (non-hydrogen) atoms. The topological polar surface area (TPSA) is 22.3 Å². The van der Waals surface area contributed by atoms with Crippen LogP contribution in [0.5, 0.6) is 11.5 Å². The first-order chi connectivity index (χ1) is 15.4. The van der Waals surface area contributed by atoms with Gasteiger partial charge in [-0.3, -0.25) is 0 Å². The van der Waals surface area contributed by atoms with Crippen LogP contribution in [0.25, 0.3) is 32.9 Å². The molecule has 0 saturated heterocycles. The molecule has 0 bridgehead atoms. The molecule has 0 fully saturated rings. The van der Waals surface area contributed by atoms with E-state index < -0.39 is 7.25 Å². The lowest BCUT2D eigenvalue weighted by molar-refractivity contribution is -0.617. The Balaban J connectivity index is 0.000000555. The van der Waals surface area contributed by atoms with E-state index in [-0.39, 0.29) is 0 Å². The Morgan fingerprint density at radius 2 is 1.06 bits per heavy atom. The number of aryl methyl sites for hydroxylation is 4. The molecule has 3 nitrogen and oxygen atoms in total. The molecule has 4 aromatic rings. The van der Waals surface area contributed by atoms with Crippen molar-refractivity contribution in [2.45, 2.75) is 20.8 Å². The van der Waals surface area contributed by atoms with Gasteiger partial charge in [0.1, 0.15) is 18.5 Å². The van der Waals surface area contributed by atoms with E-state index in [1.54, 1.807) is 14.2 Å². The Labute approximate surface area is 190 Å². The van der Waals surface area contributed by atoms with E-state index in [9.17, 15) is 17.3 Å². The average Bonchev–Trinajstić information content (AvgIpc) is 2.73. The molecule has 1 heterocycles. The molecule has 0 amide bonds. The van der Waals surface area contributed by atoms with E-state index >= 15 is 0 Å². The summed E-state index contributed by atoms with van der Waals surface area (Å²) in [5, 5.41) is 2.36. The predicted molar refractivity (Wildman–Crippen MR) is 126 cm³/mol.